The summed E-state index contributed by atoms with van der Waals surface area (Å²) in [5.41, 5.74) is 0.900. The quantitative estimate of drug-likeness (QED) is 0.585. The fraction of sp³-hybridized carbons (Fsp3) is 0.333. The van der Waals surface area contributed by atoms with Gasteiger partial charge in [0.2, 0.25) is 0 Å². The van der Waals surface area contributed by atoms with Gasteiger partial charge in [-0.25, -0.2) is 0 Å². The van der Waals surface area contributed by atoms with Crippen molar-refractivity contribution in [2.24, 2.45) is 0 Å². The van der Waals surface area contributed by atoms with Crippen molar-refractivity contribution in [1.82, 2.24) is 0 Å². The number of hydrogen-bond acceptors (Lipinski definition) is 4. The molecule has 1 rings (SSSR count). The van der Waals surface area contributed by atoms with Crippen molar-refractivity contribution in [3.8, 4) is 5.75 Å². The molecule has 0 amide bonds. The van der Waals surface area contributed by atoms with E-state index in [2.05, 4.69) is 6.92 Å². The summed E-state index contributed by atoms with van der Waals surface area (Å²) in [5, 5.41) is 17.3. The van der Waals surface area contributed by atoms with Crippen molar-refractivity contribution in [1.29, 1.82) is 0 Å². The molecule has 0 aliphatic heterocycles. The largest absolute Gasteiger partial charge is 0.707 e. The Bertz CT molecular complexity index is 304. The van der Waals surface area contributed by atoms with Gasteiger partial charge >= 0.3 is 7.32 Å². The highest BCUT2D eigenvalue weighted by Gasteiger charge is 2.12. The van der Waals surface area contributed by atoms with Crippen LogP contribution >= 0.6 is 11.8 Å². The van der Waals surface area contributed by atoms with Crippen LogP contribution in [0.1, 0.15) is 12.5 Å². The molecule has 1 aromatic carbocycles. The van der Waals surface area contributed by atoms with Crippen molar-refractivity contribution >= 4 is 19.1 Å². The molecule has 0 unspecified atom stereocenters. The molecule has 1 aromatic rings. The summed E-state index contributed by atoms with van der Waals surface area (Å²) in [7, 11) is -1.75. The van der Waals surface area contributed by atoms with E-state index in [1.165, 1.54) is 0 Å². The number of hydrogen-bond donors (Lipinski definition) is 2. The summed E-state index contributed by atoms with van der Waals surface area (Å²) < 4.78 is 4.78. The Morgan fingerprint density at radius 1 is 1.43 bits per heavy atom. The van der Waals surface area contributed by atoms with Crippen LogP contribution in [0.4, 0.5) is 0 Å². The summed E-state index contributed by atoms with van der Waals surface area (Å²) in [6, 6.07) is 5.61. The lowest BCUT2D eigenvalue weighted by Gasteiger charge is -2.09. The van der Waals surface area contributed by atoms with E-state index in [1.807, 2.05) is 19.1 Å². The monoisotopic (exact) mass is 212 g/mol. The summed E-state index contributed by atoms with van der Waals surface area (Å²) >= 11 is 1.74. The van der Waals surface area contributed by atoms with Crippen molar-refractivity contribution in [3.63, 3.8) is 0 Å². The Hall–Kier alpha value is -0.645. The molecule has 0 fully saturated rings. The molecule has 3 nitrogen and oxygen atoms in total. The van der Waals surface area contributed by atoms with Crippen molar-refractivity contribution in [3.05, 3.63) is 23.8 Å². The first kappa shape index (κ1) is 11.4. The molecule has 5 heteroatoms. The van der Waals surface area contributed by atoms with Gasteiger partial charge in [0.05, 0.1) is 0 Å². The predicted molar refractivity (Wildman–Crippen MR) is 58.4 cm³/mol. The van der Waals surface area contributed by atoms with Crippen LogP contribution in [-0.2, 0) is 0 Å². The minimum absolute atomic E-state index is 0.500. The van der Waals surface area contributed by atoms with Crippen LogP contribution in [-0.4, -0.2) is 23.1 Å². The van der Waals surface area contributed by atoms with Gasteiger partial charge in [-0.15, -0.1) is 11.8 Å². The van der Waals surface area contributed by atoms with Crippen LogP contribution in [0, 0.1) is 6.92 Å². The van der Waals surface area contributed by atoms with Crippen molar-refractivity contribution in [2.75, 3.05) is 5.75 Å². The minimum Gasteiger partial charge on any atom is -0.512 e. The van der Waals surface area contributed by atoms with Gasteiger partial charge in [0, 0.05) is 4.90 Å². The summed E-state index contributed by atoms with van der Waals surface area (Å²) in [6.07, 6.45) is 0. The highest BCUT2D eigenvalue weighted by molar-refractivity contribution is 7.99. The number of aryl methyl sites for hydroxylation is 1. The molecule has 0 aromatic heterocycles. The zero-order valence-corrected chi connectivity index (χ0v) is 9.04. The highest BCUT2D eigenvalue weighted by Crippen LogP contribution is 2.25. The Labute approximate surface area is 88.3 Å². The first-order chi connectivity index (χ1) is 6.63. The minimum atomic E-state index is -1.75. The third-order valence-corrected chi connectivity index (χ3v) is 2.57. The number of thioether (sulfide) groups is 1. The highest BCUT2D eigenvalue weighted by atomic mass is 32.2. The van der Waals surface area contributed by atoms with E-state index in [1.54, 1.807) is 17.8 Å². The smallest absolute Gasteiger partial charge is 0.512 e. The molecule has 0 radical (unpaired) electrons. The van der Waals surface area contributed by atoms with Crippen LogP contribution in [0.25, 0.3) is 0 Å². The van der Waals surface area contributed by atoms with E-state index < -0.39 is 7.32 Å². The summed E-state index contributed by atoms with van der Waals surface area (Å²) in [6.45, 7) is 3.96. The van der Waals surface area contributed by atoms with E-state index in [-0.39, 0.29) is 0 Å². The Morgan fingerprint density at radius 3 is 2.64 bits per heavy atom. The molecule has 0 saturated carbocycles. The van der Waals surface area contributed by atoms with Gasteiger partial charge in [0.15, 0.2) is 0 Å². The molecule has 0 heterocycles. The molecule has 0 atom stereocenters. The lowest BCUT2D eigenvalue weighted by Crippen LogP contribution is -2.21. The molecule has 0 aliphatic rings. The van der Waals surface area contributed by atoms with Crippen molar-refractivity contribution < 1.29 is 14.7 Å². The molecular formula is C9H13BO3S. The standard InChI is InChI=1S/C9H13BO3S/c1-3-14-8-4-5-9(7(2)6-8)13-10(11)12/h4-6,11-12H,3H2,1-2H3. The lowest BCUT2D eigenvalue weighted by atomic mass is 10.2. The second-order valence-corrected chi connectivity index (χ2v) is 4.14. The molecule has 14 heavy (non-hydrogen) atoms. The number of rotatable bonds is 4. The van der Waals surface area contributed by atoms with E-state index in [9.17, 15) is 0 Å². The first-order valence-electron chi connectivity index (χ1n) is 4.39. The average molecular weight is 212 g/mol. The Balaban J connectivity index is 2.79. The fourth-order valence-electron chi connectivity index (χ4n) is 1.12. The zero-order valence-electron chi connectivity index (χ0n) is 8.23. The molecule has 0 bridgehead atoms. The molecule has 76 valence electrons. The molecular weight excluding hydrogens is 199 g/mol. The van der Waals surface area contributed by atoms with Crippen LogP contribution in [0.3, 0.4) is 0 Å². The van der Waals surface area contributed by atoms with Gasteiger partial charge < -0.3 is 14.7 Å². The molecule has 2 N–H and O–H groups in total. The molecule has 0 spiro atoms. The predicted octanol–water partition coefficient (Wildman–Crippen LogP) is 1.46. The van der Waals surface area contributed by atoms with E-state index in [0.29, 0.717) is 5.75 Å². The SMILES string of the molecule is CCSc1ccc(OB(O)O)c(C)c1. The lowest BCUT2D eigenvalue weighted by molar-refractivity contribution is 0.287. The number of benzene rings is 1. The second-order valence-electron chi connectivity index (χ2n) is 2.80. The average Bonchev–Trinajstić information content (AvgIpc) is 2.10. The second kappa shape index (κ2) is 5.29. The van der Waals surface area contributed by atoms with Crippen molar-refractivity contribution in [2.45, 2.75) is 18.7 Å². The van der Waals surface area contributed by atoms with Crippen LogP contribution in [0.2, 0.25) is 0 Å². The van der Waals surface area contributed by atoms with Gasteiger partial charge in [0.25, 0.3) is 0 Å². The topological polar surface area (TPSA) is 49.7 Å². The van der Waals surface area contributed by atoms with Gasteiger partial charge in [0.1, 0.15) is 5.75 Å². The van der Waals surface area contributed by atoms with Crippen LogP contribution < -0.4 is 4.65 Å². The Morgan fingerprint density at radius 2 is 2.14 bits per heavy atom. The summed E-state index contributed by atoms with van der Waals surface area (Å²) in [5.74, 6) is 1.52. The molecule has 0 aliphatic carbocycles. The van der Waals surface area contributed by atoms with E-state index in [0.717, 1.165) is 16.2 Å². The molecule has 0 saturated heterocycles. The summed E-state index contributed by atoms with van der Waals surface area (Å²) in [4.78, 5) is 1.16. The van der Waals surface area contributed by atoms with Gasteiger partial charge in [-0.3, -0.25) is 0 Å². The normalized spacial score (nSPS) is 10.0. The van der Waals surface area contributed by atoms with Crippen LogP contribution in [0.5, 0.6) is 5.75 Å². The Kier molecular flexibility index (Phi) is 4.32. The maximum absolute atomic E-state index is 8.63. The van der Waals surface area contributed by atoms with E-state index in [4.69, 9.17) is 14.7 Å². The van der Waals surface area contributed by atoms with Crippen LogP contribution in [0.15, 0.2) is 23.1 Å². The van der Waals surface area contributed by atoms with E-state index >= 15 is 0 Å². The third-order valence-electron chi connectivity index (χ3n) is 1.69. The van der Waals surface area contributed by atoms with Gasteiger partial charge in [-0.05, 0) is 36.4 Å². The maximum atomic E-state index is 8.63. The van der Waals surface area contributed by atoms with Gasteiger partial charge in [-0.1, -0.05) is 6.92 Å². The third kappa shape index (κ3) is 3.25. The van der Waals surface area contributed by atoms with Gasteiger partial charge in [-0.2, -0.15) is 0 Å². The zero-order chi connectivity index (χ0) is 10.6. The fourth-order valence-corrected chi connectivity index (χ4v) is 1.88. The first-order valence-corrected chi connectivity index (χ1v) is 5.38. The maximum Gasteiger partial charge on any atom is 0.707 e.